The van der Waals surface area contributed by atoms with E-state index in [9.17, 15) is 9.59 Å². The average molecular weight is 404 g/mol. The molecule has 144 valence electrons. The number of hydrogen-bond acceptors (Lipinski definition) is 3. The molecule has 0 saturated carbocycles. The smallest absolute Gasteiger partial charge is 0.265 e. The topological polar surface area (TPSA) is 64.0 Å². The van der Waals surface area contributed by atoms with Gasteiger partial charge in [-0.25, -0.2) is 4.98 Å². The van der Waals surface area contributed by atoms with Gasteiger partial charge in [-0.1, -0.05) is 60.1 Å². The van der Waals surface area contributed by atoms with Crippen LogP contribution in [0, 0.1) is 0 Å². The molecule has 1 N–H and O–H groups in total. The second kappa shape index (κ2) is 8.29. The highest BCUT2D eigenvalue weighted by Gasteiger charge is 2.16. The molecule has 0 unspecified atom stereocenters. The summed E-state index contributed by atoms with van der Waals surface area (Å²) in [5.41, 5.74) is 1.99. The van der Waals surface area contributed by atoms with E-state index in [0.29, 0.717) is 17.2 Å². The minimum absolute atomic E-state index is 0.0773. The van der Waals surface area contributed by atoms with Gasteiger partial charge >= 0.3 is 0 Å². The molecule has 0 spiro atoms. The maximum absolute atomic E-state index is 13.1. The zero-order valence-corrected chi connectivity index (χ0v) is 16.3. The number of nitrogens with one attached hydrogen (secondary N) is 1. The van der Waals surface area contributed by atoms with Crippen LogP contribution in [0.25, 0.3) is 11.0 Å². The molecule has 2 aromatic carbocycles. The third-order valence-electron chi connectivity index (χ3n) is 4.67. The number of pyridine rings is 2. The predicted molar refractivity (Wildman–Crippen MR) is 114 cm³/mol. The molecule has 0 bridgehead atoms. The second-order valence-corrected chi connectivity index (χ2v) is 7.03. The minimum atomic E-state index is -0.442. The maximum Gasteiger partial charge on any atom is 0.265 e. The number of hydrogen-bond donors (Lipinski definition) is 1. The van der Waals surface area contributed by atoms with E-state index >= 15 is 0 Å². The van der Waals surface area contributed by atoms with Crippen molar-refractivity contribution in [3.63, 3.8) is 0 Å². The summed E-state index contributed by atoms with van der Waals surface area (Å²) < 4.78 is 1.54. The van der Waals surface area contributed by atoms with Gasteiger partial charge in [0.1, 0.15) is 11.2 Å². The Labute approximate surface area is 172 Å². The van der Waals surface area contributed by atoms with E-state index in [1.165, 1.54) is 4.57 Å². The first kappa shape index (κ1) is 18.9. The number of benzene rings is 2. The van der Waals surface area contributed by atoms with Crippen molar-refractivity contribution < 1.29 is 4.79 Å². The molecule has 0 fully saturated rings. The summed E-state index contributed by atoms with van der Waals surface area (Å²) in [7, 11) is 0. The molecule has 6 heteroatoms. The molecule has 0 aliphatic carbocycles. The molecule has 2 heterocycles. The molecule has 2 aromatic heterocycles. The first-order valence-corrected chi connectivity index (χ1v) is 9.55. The van der Waals surface area contributed by atoms with Gasteiger partial charge in [0.15, 0.2) is 0 Å². The largest absolute Gasteiger partial charge is 0.348 e. The van der Waals surface area contributed by atoms with E-state index < -0.39 is 5.91 Å². The lowest BCUT2D eigenvalue weighted by Crippen LogP contribution is -2.33. The molecule has 1 amide bonds. The Balaban J connectivity index is 1.71. The number of carbonyl (C=O) groups excluding carboxylic acids is 1. The number of aromatic nitrogens is 2. The summed E-state index contributed by atoms with van der Waals surface area (Å²) in [5, 5.41) is 4.09. The number of nitrogens with zero attached hydrogens (tertiary/aromatic N) is 2. The first-order valence-electron chi connectivity index (χ1n) is 9.17. The van der Waals surface area contributed by atoms with Gasteiger partial charge < -0.3 is 5.32 Å². The van der Waals surface area contributed by atoms with Crippen LogP contribution >= 0.6 is 11.6 Å². The van der Waals surface area contributed by atoms with Crippen LogP contribution in [0.1, 0.15) is 21.5 Å². The Morgan fingerprint density at radius 2 is 1.76 bits per heavy atom. The molecule has 4 rings (SSSR count). The fourth-order valence-corrected chi connectivity index (χ4v) is 3.40. The number of fused-ring (bicyclic) bond motifs is 1. The molecule has 29 heavy (non-hydrogen) atoms. The lowest BCUT2D eigenvalue weighted by Gasteiger charge is -2.13. The highest BCUT2D eigenvalue weighted by molar-refractivity contribution is 6.31. The third kappa shape index (κ3) is 4.05. The number of carbonyl (C=O) groups is 1. The van der Waals surface area contributed by atoms with Crippen molar-refractivity contribution in [2.75, 3.05) is 0 Å². The van der Waals surface area contributed by atoms with Gasteiger partial charge in [0.25, 0.3) is 11.5 Å². The van der Waals surface area contributed by atoms with Crippen molar-refractivity contribution in [1.82, 2.24) is 14.9 Å². The van der Waals surface area contributed by atoms with Gasteiger partial charge in [0.2, 0.25) is 0 Å². The Kier molecular flexibility index (Phi) is 5.40. The molecular formula is C23H18ClN3O2. The van der Waals surface area contributed by atoms with E-state index in [-0.39, 0.29) is 17.7 Å². The van der Waals surface area contributed by atoms with Gasteiger partial charge in [-0.2, -0.15) is 0 Å². The first-order chi connectivity index (χ1) is 14.1. The van der Waals surface area contributed by atoms with E-state index in [1.807, 2.05) is 54.6 Å². The Bertz CT molecular complexity index is 1240. The lowest BCUT2D eigenvalue weighted by molar-refractivity contribution is 0.0949. The standard InChI is InChI=1S/C23H18ClN3O2/c24-20-11-5-4-9-18(20)14-26-22(28)19-13-17-10-6-12-25-21(17)27(23(19)29)15-16-7-2-1-3-8-16/h1-13H,14-15H2,(H,26,28). The summed E-state index contributed by atoms with van der Waals surface area (Å²) in [6.45, 7) is 0.570. The van der Waals surface area contributed by atoms with Crippen LogP contribution in [0.5, 0.6) is 0 Å². The van der Waals surface area contributed by atoms with E-state index in [0.717, 1.165) is 16.5 Å². The normalized spacial score (nSPS) is 10.8. The molecule has 5 nitrogen and oxygen atoms in total. The van der Waals surface area contributed by atoms with Gasteiger partial charge in [-0.3, -0.25) is 14.2 Å². The summed E-state index contributed by atoms with van der Waals surface area (Å²) >= 11 is 6.15. The van der Waals surface area contributed by atoms with Crippen LogP contribution in [0.15, 0.2) is 83.8 Å². The molecule has 0 aliphatic rings. The SMILES string of the molecule is O=C(NCc1ccccc1Cl)c1cc2cccnc2n(Cc2ccccc2)c1=O. The Hall–Kier alpha value is -3.44. The summed E-state index contributed by atoms with van der Waals surface area (Å²) in [5.74, 6) is -0.442. The van der Waals surface area contributed by atoms with E-state index in [4.69, 9.17) is 11.6 Å². The molecule has 0 radical (unpaired) electrons. The van der Waals surface area contributed by atoms with Crippen molar-refractivity contribution in [3.8, 4) is 0 Å². The van der Waals surface area contributed by atoms with Gasteiger partial charge in [0, 0.05) is 23.2 Å². The fraction of sp³-hybridized carbons (Fsp3) is 0.0870. The number of rotatable bonds is 5. The highest BCUT2D eigenvalue weighted by atomic mass is 35.5. The van der Waals surface area contributed by atoms with Crippen LogP contribution in [-0.4, -0.2) is 15.5 Å². The van der Waals surface area contributed by atoms with Gasteiger partial charge in [-0.15, -0.1) is 0 Å². The highest BCUT2D eigenvalue weighted by Crippen LogP contribution is 2.16. The summed E-state index contributed by atoms with van der Waals surface area (Å²) in [6, 6.07) is 22.1. The molecular weight excluding hydrogens is 386 g/mol. The average Bonchev–Trinajstić information content (AvgIpc) is 2.75. The number of halogens is 1. The molecule has 0 saturated heterocycles. The van der Waals surface area contributed by atoms with Gasteiger partial charge in [-0.05, 0) is 35.4 Å². The fourth-order valence-electron chi connectivity index (χ4n) is 3.19. The molecule has 0 atom stereocenters. The van der Waals surface area contributed by atoms with Crippen LogP contribution in [0.3, 0.4) is 0 Å². The Morgan fingerprint density at radius 1 is 1.00 bits per heavy atom. The summed E-state index contributed by atoms with van der Waals surface area (Å²) in [4.78, 5) is 30.3. The van der Waals surface area contributed by atoms with Crippen LogP contribution < -0.4 is 10.9 Å². The van der Waals surface area contributed by atoms with Crippen LogP contribution in [0.2, 0.25) is 5.02 Å². The van der Waals surface area contributed by atoms with Crippen molar-refractivity contribution in [2.45, 2.75) is 13.1 Å². The summed E-state index contributed by atoms with van der Waals surface area (Å²) in [6.07, 6.45) is 1.64. The molecule has 0 aliphatic heterocycles. The number of amides is 1. The van der Waals surface area contributed by atoms with E-state index in [2.05, 4.69) is 10.3 Å². The zero-order valence-electron chi connectivity index (χ0n) is 15.5. The second-order valence-electron chi connectivity index (χ2n) is 6.63. The van der Waals surface area contributed by atoms with Crippen molar-refractivity contribution in [2.24, 2.45) is 0 Å². The molecule has 4 aromatic rings. The Morgan fingerprint density at radius 3 is 2.55 bits per heavy atom. The minimum Gasteiger partial charge on any atom is -0.348 e. The van der Waals surface area contributed by atoms with Crippen molar-refractivity contribution >= 4 is 28.5 Å². The van der Waals surface area contributed by atoms with E-state index in [1.54, 1.807) is 24.4 Å². The monoisotopic (exact) mass is 403 g/mol. The zero-order chi connectivity index (χ0) is 20.2. The maximum atomic E-state index is 13.1. The van der Waals surface area contributed by atoms with Gasteiger partial charge in [0.05, 0.1) is 6.54 Å². The lowest BCUT2D eigenvalue weighted by atomic mass is 10.1. The third-order valence-corrected chi connectivity index (χ3v) is 5.04. The van der Waals surface area contributed by atoms with Crippen LogP contribution in [0.4, 0.5) is 0 Å². The quantitative estimate of drug-likeness (QED) is 0.547. The van der Waals surface area contributed by atoms with Crippen LogP contribution in [-0.2, 0) is 13.1 Å². The van der Waals surface area contributed by atoms with Crippen molar-refractivity contribution in [3.05, 3.63) is 111 Å². The predicted octanol–water partition coefficient (Wildman–Crippen LogP) is 4.03. The van der Waals surface area contributed by atoms with Crippen molar-refractivity contribution in [1.29, 1.82) is 0 Å².